The first kappa shape index (κ1) is 11.7. The molecule has 1 heterocycles. The number of aldehydes is 1. The van der Waals surface area contributed by atoms with Gasteiger partial charge in [0.2, 0.25) is 0 Å². The van der Waals surface area contributed by atoms with Crippen molar-refractivity contribution >= 4 is 17.9 Å². The topological polar surface area (TPSA) is 39.4 Å². The Bertz CT molecular complexity index is 563. The minimum absolute atomic E-state index is 0.0634. The number of benzene rings is 1. The molecule has 1 aromatic carbocycles. The molecule has 0 atom stereocenters. The number of furan rings is 1. The number of hydrogen-bond donors (Lipinski definition) is 0. The Labute approximate surface area is 102 Å². The van der Waals surface area contributed by atoms with Crippen molar-refractivity contribution in [3.8, 4) is 17.1 Å². The van der Waals surface area contributed by atoms with E-state index in [1.54, 1.807) is 0 Å². The number of methoxy groups -OCH3 is 1. The lowest BCUT2D eigenvalue weighted by Gasteiger charge is -2.07. The Kier molecular flexibility index (Phi) is 3.15. The maximum Gasteiger partial charge on any atom is 0.185 e. The van der Waals surface area contributed by atoms with Crippen molar-refractivity contribution in [2.24, 2.45) is 0 Å². The van der Waals surface area contributed by atoms with Gasteiger partial charge in [-0.25, -0.2) is 4.39 Å². The van der Waals surface area contributed by atoms with Crippen molar-refractivity contribution in [3.05, 3.63) is 40.9 Å². The van der Waals surface area contributed by atoms with Crippen LogP contribution in [0.1, 0.15) is 10.6 Å². The summed E-state index contributed by atoms with van der Waals surface area (Å²) in [6.45, 7) is 0. The van der Waals surface area contributed by atoms with Gasteiger partial charge in [0.25, 0.3) is 0 Å². The Hall–Kier alpha value is -1.81. The molecule has 0 bridgehead atoms. The van der Waals surface area contributed by atoms with E-state index in [0.29, 0.717) is 6.29 Å². The van der Waals surface area contributed by atoms with E-state index in [9.17, 15) is 9.18 Å². The van der Waals surface area contributed by atoms with Crippen LogP contribution in [0.3, 0.4) is 0 Å². The molecule has 88 valence electrons. The molecule has 0 aliphatic rings. The molecule has 0 N–H and O–H groups in total. The van der Waals surface area contributed by atoms with Gasteiger partial charge in [-0.3, -0.25) is 4.79 Å². The molecular weight excluding hydrogens is 247 g/mol. The number of carbonyl (C=O) groups excluding carboxylic acids is 1. The van der Waals surface area contributed by atoms with E-state index in [-0.39, 0.29) is 27.9 Å². The predicted molar refractivity (Wildman–Crippen MR) is 61.1 cm³/mol. The van der Waals surface area contributed by atoms with Gasteiger partial charge in [0.1, 0.15) is 5.76 Å². The molecule has 0 aliphatic carbocycles. The number of hydrogen-bond acceptors (Lipinski definition) is 3. The largest absolute Gasteiger partial charge is 0.494 e. The minimum Gasteiger partial charge on any atom is -0.494 e. The average Bonchev–Trinajstić information content (AvgIpc) is 2.78. The minimum atomic E-state index is -0.619. The quantitative estimate of drug-likeness (QED) is 0.786. The smallest absolute Gasteiger partial charge is 0.185 e. The summed E-state index contributed by atoms with van der Waals surface area (Å²) < 4.78 is 24.0. The Morgan fingerprint density at radius 3 is 2.71 bits per heavy atom. The van der Waals surface area contributed by atoms with Crippen LogP contribution in [-0.2, 0) is 0 Å². The number of rotatable bonds is 3. The van der Waals surface area contributed by atoms with Gasteiger partial charge >= 0.3 is 0 Å². The van der Waals surface area contributed by atoms with Crippen molar-refractivity contribution in [1.29, 1.82) is 0 Å². The van der Waals surface area contributed by atoms with E-state index in [0.717, 1.165) is 0 Å². The molecule has 0 saturated heterocycles. The summed E-state index contributed by atoms with van der Waals surface area (Å²) in [5, 5.41) is 0.190. The van der Waals surface area contributed by atoms with Crippen molar-refractivity contribution in [1.82, 2.24) is 0 Å². The third kappa shape index (κ3) is 2.03. The van der Waals surface area contributed by atoms with Crippen LogP contribution in [0.25, 0.3) is 11.3 Å². The second-order valence-electron chi connectivity index (χ2n) is 3.26. The molecule has 1 aromatic heterocycles. The predicted octanol–water partition coefficient (Wildman–Crippen LogP) is 3.56. The molecule has 3 nitrogen and oxygen atoms in total. The second kappa shape index (κ2) is 4.59. The van der Waals surface area contributed by atoms with Crippen LogP contribution in [0.2, 0.25) is 5.02 Å². The zero-order chi connectivity index (χ0) is 12.4. The van der Waals surface area contributed by atoms with Crippen LogP contribution in [0, 0.1) is 5.82 Å². The van der Waals surface area contributed by atoms with Crippen molar-refractivity contribution in [2.75, 3.05) is 7.11 Å². The van der Waals surface area contributed by atoms with Gasteiger partial charge < -0.3 is 9.15 Å². The van der Waals surface area contributed by atoms with Crippen molar-refractivity contribution in [2.45, 2.75) is 0 Å². The molecule has 0 saturated carbocycles. The fraction of sp³-hybridized carbons (Fsp3) is 0.0833. The van der Waals surface area contributed by atoms with Crippen LogP contribution in [-0.4, -0.2) is 13.4 Å². The summed E-state index contributed by atoms with van der Waals surface area (Å²) in [7, 11) is 1.36. The summed E-state index contributed by atoms with van der Waals surface area (Å²) in [5.74, 6) is -0.257. The monoisotopic (exact) mass is 254 g/mol. The second-order valence-corrected chi connectivity index (χ2v) is 3.67. The number of halogens is 2. The maximum atomic E-state index is 14.0. The SMILES string of the molecule is COc1ccc(Cl)c(-c2ccc(C=O)o2)c1F. The van der Waals surface area contributed by atoms with Crippen LogP contribution in [0.5, 0.6) is 5.75 Å². The van der Waals surface area contributed by atoms with Gasteiger partial charge in [0.15, 0.2) is 23.6 Å². The summed E-state index contributed by atoms with van der Waals surface area (Å²) in [5.41, 5.74) is 0.0825. The highest BCUT2D eigenvalue weighted by molar-refractivity contribution is 6.33. The first-order valence-electron chi connectivity index (χ1n) is 4.74. The molecule has 0 amide bonds. The van der Waals surface area contributed by atoms with E-state index >= 15 is 0 Å². The van der Waals surface area contributed by atoms with Gasteiger partial charge in [-0.05, 0) is 24.3 Å². The zero-order valence-electron chi connectivity index (χ0n) is 8.87. The maximum absolute atomic E-state index is 14.0. The third-order valence-electron chi connectivity index (χ3n) is 2.26. The molecule has 5 heteroatoms. The molecule has 0 aliphatic heterocycles. The average molecular weight is 255 g/mol. The zero-order valence-corrected chi connectivity index (χ0v) is 9.62. The molecule has 2 aromatic rings. The highest BCUT2D eigenvalue weighted by Crippen LogP contribution is 2.36. The summed E-state index contributed by atoms with van der Waals surface area (Å²) in [6, 6.07) is 5.84. The van der Waals surface area contributed by atoms with Gasteiger partial charge in [0, 0.05) is 0 Å². The fourth-order valence-corrected chi connectivity index (χ4v) is 1.71. The standard InChI is InChI=1S/C12H8ClFO3/c1-16-10-5-3-8(13)11(12(10)14)9-4-2-7(6-15)17-9/h2-6H,1H3. The Morgan fingerprint density at radius 2 is 2.12 bits per heavy atom. The highest BCUT2D eigenvalue weighted by atomic mass is 35.5. The third-order valence-corrected chi connectivity index (χ3v) is 2.58. The van der Waals surface area contributed by atoms with E-state index in [2.05, 4.69) is 0 Å². The summed E-state index contributed by atoms with van der Waals surface area (Å²) >= 11 is 5.90. The first-order valence-corrected chi connectivity index (χ1v) is 5.12. The van der Waals surface area contributed by atoms with Gasteiger partial charge in [-0.2, -0.15) is 0 Å². The molecular formula is C12H8ClFO3. The van der Waals surface area contributed by atoms with E-state index in [1.165, 1.54) is 31.4 Å². The highest BCUT2D eigenvalue weighted by Gasteiger charge is 2.17. The molecule has 0 spiro atoms. The van der Waals surface area contributed by atoms with Gasteiger partial charge in [0.05, 0.1) is 17.7 Å². The fourth-order valence-electron chi connectivity index (χ4n) is 1.47. The molecule has 2 rings (SSSR count). The van der Waals surface area contributed by atoms with Crippen LogP contribution in [0.15, 0.2) is 28.7 Å². The van der Waals surface area contributed by atoms with Crippen LogP contribution < -0.4 is 4.74 Å². The van der Waals surface area contributed by atoms with Gasteiger partial charge in [-0.1, -0.05) is 11.6 Å². The van der Waals surface area contributed by atoms with E-state index < -0.39 is 5.82 Å². The first-order chi connectivity index (χ1) is 8.17. The lowest BCUT2D eigenvalue weighted by Crippen LogP contribution is -1.91. The summed E-state index contributed by atoms with van der Waals surface area (Å²) in [6.07, 6.45) is 0.537. The molecule has 17 heavy (non-hydrogen) atoms. The Balaban J connectivity index is 2.61. The number of carbonyl (C=O) groups is 1. The molecule has 0 unspecified atom stereocenters. The van der Waals surface area contributed by atoms with Crippen LogP contribution >= 0.6 is 11.6 Å². The normalized spacial score (nSPS) is 10.3. The number of ether oxygens (including phenoxy) is 1. The molecule has 0 radical (unpaired) electrons. The van der Waals surface area contributed by atoms with Crippen molar-refractivity contribution in [3.63, 3.8) is 0 Å². The summed E-state index contributed by atoms with van der Waals surface area (Å²) in [4.78, 5) is 10.5. The Morgan fingerprint density at radius 1 is 1.35 bits per heavy atom. The van der Waals surface area contributed by atoms with Gasteiger partial charge in [-0.15, -0.1) is 0 Å². The lowest BCUT2D eigenvalue weighted by molar-refractivity contribution is 0.110. The molecule has 0 fully saturated rings. The van der Waals surface area contributed by atoms with Crippen molar-refractivity contribution < 1.29 is 18.3 Å². The van der Waals surface area contributed by atoms with E-state index in [1.807, 2.05) is 0 Å². The van der Waals surface area contributed by atoms with E-state index in [4.69, 9.17) is 20.8 Å². The lowest BCUT2D eigenvalue weighted by atomic mass is 10.1. The van der Waals surface area contributed by atoms with Crippen LogP contribution in [0.4, 0.5) is 4.39 Å².